The van der Waals surface area contributed by atoms with E-state index in [2.05, 4.69) is 62.6 Å². The van der Waals surface area contributed by atoms with Gasteiger partial charge in [0, 0.05) is 28.9 Å². The van der Waals surface area contributed by atoms with Crippen molar-refractivity contribution in [3.63, 3.8) is 0 Å². The van der Waals surface area contributed by atoms with E-state index in [1.54, 1.807) is 11.3 Å². The number of hydrogen-bond acceptors (Lipinski definition) is 3. The van der Waals surface area contributed by atoms with Gasteiger partial charge in [0.1, 0.15) is 0 Å². The minimum atomic E-state index is 0.299. The van der Waals surface area contributed by atoms with Crippen molar-refractivity contribution >= 4 is 38.2 Å². The number of aromatic nitrogens is 1. The molecule has 2 heterocycles. The Kier molecular flexibility index (Phi) is 4.15. The van der Waals surface area contributed by atoms with Gasteiger partial charge in [-0.25, -0.2) is 0 Å². The maximum absolute atomic E-state index is 4.44. The van der Waals surface area contributed by atoms with Gasteiger partial charge in [-0.15, -0.1) is 11.3 Å². The van der Waals surface area contributed by atoms with Crippen molar-refractivity contribution in [1.82, 2.24) is 10.3 Å². The highest BCUT2D eigenvalue weighted by molar-refractivity contribution is 9.11. The van der Waals surface area contributed by atoms with Gasteiger partial charge in [0.05, 0.1) is 9.30 Å². The molecule has 0 radical (unpaired) electrons. The smallest absolute Gasteiger partial charge is 0.0705 e. The molecule has 20 heavy (non-hydrogen) atoms. The Hall–Kier alpha value is -1.23. The summed E-state index contributed by atoms with van der Waals surface area (Å²) in [5.74, 6) is 0. The van der Waals surface area contributed by atoms with Crippen LogP contribution in [-0.2, 0) is 6.42 Å². The molecule has 0 amide bonds. The summed E-state index contributed by atoms with van der Waals surface area (Å²) in [7, 11) is 2.02. The molecule has 0 spiro atoms. The predicted molar refractivity (Wildman–Crippen MR) is 89.3 cm³/mol. The fraction of sp³-hybridized carbons (Fsp3) is 0.188. The van der Waals surface area contributed by atoms with E-state index >= 15 is 0 Å². The average Bonchev–Trinajstić information content (AvgIpc) is 2.89. The summed E-state index contributed by atoms with van der Waals surface area (Å²) >= 11 is 5.32. The molecule has 0 fully saturated rings. The summed E-state index contributed by atoms with van der Waals surface area (Å²) in [6, 6.07) is 15.0. The van der Waals surface area contributed by atoms with Gasteiger partial charge in [-0.1, -0.05) is 18.2 Å². The zero-order chi connectivity index (χ0) is 13.9. The Labute approximate surface area is 131 Å². The molecule has 1 atom stereocenters. The van der Waals surface area contributed by atoms with Gasteiger partial charge >= 0.3 is 0 Å². The highest BCUT2D eigenvalue weighted by Crippen LogP contribution is 2.29. The van der Waals surface area contributed by atoms with E-state index in [0.717, 1.165) is 11.9 Å². The molecular formula is C16H15BrN2S. The lowest BCUT2D eigenvalue weighted by atomic mass is 9.99. The Bertz CT molecular complexity index is 718. The van der Waals surface area contributed by atoms with Crippen LogP contribution >= 0.6 is 27.3 Å². The number of hydrogen-bond donors (Lipinski definition) is 1. The van der Waals surface area contributed by atoms with E-state index in [0.29, 0.717) is 6.04 Å². The summed E-state index contributed by atoms with van der Waals surface area (Å²) in [5, 5.41) is 4.66. The molecule has 0 bridgehead atoms. The molecule has 0 aliphatic heterocycles. The van der Waals surface area contributed by atoms with Crippen LogP contribution in [0.2, 0.25) is 0 Å². The van der Waals surface area contributed by atoms with Gasteiger partial charge in [0.25, 0.3) is 0 Å². The van der Waals surface area contributed by atoms with E-state index in [1.807, 2.05) is 19.3 Å². The number of rotatable bonds is 4. The Balaban J connectivity index is 1.98. The average molecular weight is 347 g/mol. The SMILES string of the molecule is CNC(Cc1ccc(Br)s1)c1ccnc2ccccc12. The molecule has 4 heteroatoms. The van der Waals surface area contributed by atoms with Gasteiger partial charge < -0.3 is 5.32 Å². The number of nitrogens with zero attached hydrogens (tertiary/aromatic N) is 1. The van der Waals surface area contributed by atoms with Crippen LogP contribution in [0, 0.1) is 0 Å². The van der Waals surface area contributed by atoms with E-state index in [-0.39, 0.29) is 0 Å². The molecule has 0 aliphatic carbocycles. The van der Waals surface area contributed by atoms with Gasteiger partial charge in [-0.2, -0.15) is 0 Å². The van der Waals surface area contributed by atoms with Crippen molar-refractivity contribution in [2.45, 2.75) is 12.5 Å². The van der Waals surface area contributed by atoms with E-state index in [4.69, 9.17) is 0 Å². The third kappa shape index (κ3) is 2.77. The molecule has 2 nitrogen and oxygen atoms in total. The standard InChI is InChI=1S/C16H15BrN2S/c1-18-15(10-11-6-7-16(17)20-11)13-8-9-19-14-5-3-2-4-12(13)14/h2-9,15,18H,10H2,1H3. The predicted octanol–water partition coefficient (Wildman–Crippen LogP) is 4.56. The normalized spacial score (nSPS) is 12.7. The highest BCUT2D eigenvalue weighted by Gasteiger charge is 2.14. The van der Waals surface area contributed by atoms with Gasteiger partial charge in [0.15, 0.2) is 0 Å². The first kappa shape index (κ1) is 13.7. The van der Waals surface area contributed by atoms with Crippen LogP contribution in [0.4, 0.5) is 0 Å². The maximum atomic E-state index is 4.44. The minimum Gasteiger partial charge on any atom is -0.313 e. The fourth-order valence-electron chi connectivity index (χ4n) is 2.45. The Morgan fingerprint density at radius 2 is 2.05 bits per heavy atom. The van der Waals surface area contributed by atoms with Crippen molar-refractivity contribution in [3.8, 4) is 0 Å². The van der Waals surface area contributed by atoms with Gasteiger partial charge in [-0.05, 0) is 52.8 Å². The van der Waals surface area contributed by atoms with Crippen molar-refractivity contribution < 1.29 is 0 Å². The lowest BCUT2D eigenvalue weighted by Gasteiger charge is -2.17. The molecule has 0 aliphatic rings. The second-order valence-electron chi connectivity index (χ2n) is 4.67. The first-order valence-corrected chi connectivity index (χ1v) is 8.14. The zero-order valence-electron chi connectivity index (χ0n) is 11.1. The molecule has 2 aromatic heterocycles. The number of halogens is 1. The van der Waals surface area contributed by atoms with Crippen LogP contribution in [0.15, 0.2) is 52.4 Å². The van der Waals surface area contributed by atoms with Crippen LogP contribution in [0.1, 0.15) is 16.5 Å². The van der Waals surface area contributed by atoms with Crippen molar-refractivity contribution in [3.05, 3.63) is 62.9 Å². The number of para-hydroxylation sites is 1. The second kappa shape index (κ2) is 6.04. The highest BCUT2D eigenvalue weighted by atomic mass is 79.9. The lowest BCUT2D eigenvalue weighted by molar-refractivity contribution is 0.600. The van der Waals surface area contributed by atoms with Gasteiger partial charge in [0.2, 0.25) is 0 Å². The summed E-state index contributed by atoms with van der Waals surface area (Å²) in [6.45, 7) is 0. The molecule has 1 N–H and O–H groups in total. The van der Waals surface area contributed by atoms with Crippen molar-refractivity contribution in [2.75, 3.05) is 7.05 Å². The molecular weight excluding hydrogens is 332 g/mol. The third-order valence-corrected chi connectivity index (χ3v) is 5.09. The monoisotopic (exact) mass is 346 g/mol. The van der Waals surface area contributed by atoms with E-state index in [1.165, 1.54) is 19.6 Å². The molecule has 102 valence electrons. The topological polar surface area (TPSA) is 24.9 Å². The minimum absolute atomic E-state index is 0.299. The summed E-state index contributed by atoms with van der Waals surface area (Å²) in [4.78, 5) is 5.81. The van der Waals surface area contributed by atoms with Crippen molar-refractivity contribution in [2.24, 2.45) is 0 Å². The molecule has 0 saturated carbocycles. The quantitative estimate of drug-likeness (QED) is 0.748. The number of nitrogens with one attached hydrogen (secondary N) is 1. The number of fused-ring (bicyclic) bond motifs is 1. The number of benzene rings is 1. The van der Waals surface area contributed by atoms with Crippen LogP contribution in [0.5, 0.6) is 0 Å². The molecule has 3 rings (SSSR count). The Morgan fingerprint density at radius 3 is 2.80 bits per heavy atom. The summed E-state index contributed by atoms with van der Waals surface area (Å²) in [6.07, 6.45) is 2.88. The first-order valence-electron chi connectivity index (χ1n) is 6.53. The van der Waals surface area contributed by atoms with E-state index in [9.17, 15) is 0 Å². The van der Waals surface area contributed by atoms with E-state index < -0.39 is 0 Å². The number of pyridine rings is 1. The molecule has 1 aromatic carbocycles. The molecule has 3 aromatic rings. The zero-order valence-corrected chi connectivity index (χ0v) is 13.5. The van der Waals surface area contributed by atoms with Crippen molar-refractivity contribution in [1.29, 1.82) is 0 Å². The molecule has 0 saturated heterocycles. The van der Waals surface area contributed by atoms with Gasteiger partial charge in [-0.3, -0.25) is 4.98 Å². The summed E-state index contributed by atoms with van der Waals surface area (Å²) < 4.78 is 1.18. The van der Waals surface area contributed by atoms with Crippen LogP contribution < -0.4 is 5.32 Å². The Morgan fingerprint density at radius 1 is 1.20 bits per heavy atom. The largest absolute Gasteiger partial charge is 0.313 e. The van der Waals surface area contributed by atoms with Crippen LogP contribution in [-0.4, -0.2) is 12.0 Å². The summed E-state index contributed by atoms with van der Waals surface area (Å²) in [5.41, 5.74) is 2.36. The molecule has 1 unspecified atom stereocenters. The maximum Gasteiger partial charge on any atom is 0.0705 e. The lowest BCUT2D eigenvalue weighted by Crippen LogP contribution is -2.18. The number of thiophene rings is 1. The first-order chi connectivity index (χ1) is 9.78. The number of likely N-dealkylation sites (N-methyl/N-ethyl adjacent to an activating group) is 1. The van der Waals surface area contributed by atoms with Crippen LogP contribution in [0.25, 0.3) is 10.9 Å². The fourth-order valence-corrected chi connectivity index (χ4v) is 3.98. The third-order valence-electron chi connectivity index (χ3n) is 3.44. The second-order valence-corrected chi connectivity index (χ2v) is 7.22. The van der Waals surface area contributed by atoms with Crippen LogP contribution in [0.3, 0.4) is 0 Å².